The van der Waals surface area contributed by atoms with Crippen molar-refractivity contribution in [3.63, 3.8) is 0 Å². The highest BCUT2D eigenvalue weighted by Gasteiger charge is 2.16. The molecule has 14 heavy (non-hydrogen) atoms. The van der Waals surface area contributed by atoms with Crippen molar-refractivity contribution >= 4 is 5.91 Å². The number of rotatable bonds is 7. The molecule has 0 fully saturated rings. The molecule has 0 saturated heterocycles. The van der Waals surface area contributed by atoms with Crippen molar-refractivity contribution < 1.29 is 9.90 Å². The van der Waals surface area contributed by atoms with Crippen LogP contribution in [-0.4, -0.2) is 23.7 Å². The fraction of sp³-hybridized carbons (Fsp3) is 0.909. The predicted molar refractivity (Wildman–Crippen MR) is 58.0 cm³/mol. The molecule has 3 heteroatoms. The van der Waals surface area contributed by atoms with Gasteiger partial charge in [-0.25, -0.2) is 0 Å². The van der Waals surface area contributed by atoms with Crippen LogP contribution in [0.15, 0.2) is 0 Å². The smallest absolute Gasteiger partial charge is 0.223 e. The summed E-state index contributed by atoms with van der Waals surface area (Å²) in [7, 11) is 0. The van der Waals surface area contributed by atoms with Crippen LogP contribution in [0.2, 0.25) is 0 Å². The zero-order valence-corrected chi connectivity index (χ0v) is 9.55. The molecule has 0 aromatic rings. The predicted octanol–water partition coefficient (Wildman–Crippen LogP) is 1.70. The molecule has 0 bridgehead atoms. The number of aliphatic hydroxyl groups excluding tert-OH is 1. The molecule has 0 aliphatic rings. The number of aliphatic hydroxyl groups is 1. The van der Waals surface area contributed by atoms with Crippen LogP contribution < -0.4 is 5.32 Å². The molecule has 0 aliphatic carbocycles. The third kappa shape index (κ3) is 5.22. The van der Waals surface area contributed by atoms with Crippen LogP contribution >= 0.6 is 0 Å². The Morgan fingerprint density at radius 1 is 1.43 bits per heavy atom. The van der Waals surface area contributed by atoms with Gasteiger partial charge in [0.25, 0.3) is 0 Å². The maximum atomic E-state index is 11.6. The van der Waals surface area contributed by atoms with Gasteiger partial charge in [-0.05, 0) is 19.8 Å². The lowest BCUT2D eigenvalue weighted by atomic mass is 9.98. The maximum absolute atomic E-state index is 11.6. The molecule has 0 rings (SSSR count). The molecule has 3 nitrogen and oxygen atoms in total. The minimum absolute atomic E-state index is 0.00987. The Hall–Kier alpha value is -0.570. The normalized spacial score (nSPS) is 14.9. The lowest BCUT2D eigenvalue weighted by molar-refractivity contribution is -0.126. The fourth-order valence-corrected chi connectivity index (χ4v) is 1.38. The number of carbonyl (C=O) groups excluding carboxylic acids is 1. The summed E-state index contributed by atoms with van der Waals surface area (Å²) >= 11 is 0. The number of amides is 1. The van der Waals surface area contributed by atoms with Gasteiger partial charge in [-0.3, -0.25) is 4.79 Å². The SMILES string of the molecule is CCCCC(CC)C(=O)N[C@H](C)CO. The van der Waals surface area contributed by atoms with E-state index in [0.717, 1.165) is 25.7 Å². The maximum Gasteiger partial charge on any atom is 0.223 e. The van der Waals surface area contributed by atoms with Gasteiger partial charge in [-0.2, -0.15) is 0 Å². The molecule has 2 N–H and O–H groups in total. The minimum Gasteiger partial charge on any atom is -0.394 e. The first-order chi connectivity index (χ1) is 6.65. The van der Waals surface area contributed by atoms with Gasteiger partial charge in [0.05, 0.1) is 6.61 Å². The van der Waals surface area contributed by atoms with Crippen molar-refractivity contribution in [2.45, 2.75) is 52.5 Å². The molecule has 0 saturated carbocycles. The Balaban J connectivity index is 3.90. The van der Waals surface area contributed by atoms with E-state index in [1.54, 1.807) is 0 Å². The highest BCUT2D eigenvalue weighted by atomic mass is 16.3. The molecule has 0 spiro atoms. The highest BCUT2D eigenvalue weighted by Crippen LogP contribution is 2.12. The largest absolute Gasteiger partial charge is 0.394 e. The molecule has 0 aliphatic heterocycles. The lowest BCUT2D eigenvalue weighted by Crippen LogP contribution is -2.39. The first kappa shape index (κ1) is 13.4. The second-order valence-electron chi connectivity index (χ2n) is 3.84. The molecule has 0 radical (unpaired) electrons. The van der Waals surface area contributed by atoms with Crippen LogP contribution in [-0.2, 0) is 4.79 Å². The number of unbranched alkanes of at least 4 members (excludes halogenated alkanes) is 1. The summed E-state index contributed by atoms with van der Waals surface area (Å²) < 4.78 is 0. The molecule has 84 valence electrons. The second kappa shape index (κ2) is 7.80. The number of hydrogen-bond acceptors (Lipinski definition) is 2. The zero-order valence-electron chi connectivity index (χ0n) is 9.55. The molecular weight excluding hydrogens is 178 g/mol. The van der Waals surface area contributed by atoms with Gasteiger partial charge in [-0.15, -0.1) is 0 Å². The van der Waals surface area contributed by atoms with Gasteiger partial charge in [0.1, 0.15) is 0 Å². The molecular formula is C11H23NO2. The molecule has 1 amide bonds. The average Bonchev–Trinajstić information content (AvgIpc) is 2.18. The Kier molecular flexibility index (Phi) is 7.48. The van der Waals surface area contributed by atoms with Crippen LogP contribution in [0.25, 0.3) is 0 Å². The van der Waals surface area contributed by atoms with Gasteiger partial charge in [0.2, 0.25) is 5.91 Å². The van der Waals surface area contributed by atoms with Crippen LogP contribution in [0.1, 0.15) is 46.5 Å². The molecule has 0 aromatic heterocycles. The summed E-state index contributed by atoms with van der Waals surface area (Å²) in [6, 6.07) is -0.127. The summed E-state index contributed by atoms with van der Waals surface area (Å²) in [4.78, 5) is 11.6. The van der Waals surface area contributed by atoms with E-state index < -0.39 is 0 Å². The number of hydrogen-bond donors (Lipinski definition) is 2. The fourth-order valence-electron chi connectivity index (χ4n) is 1.38. The van der Waals surface area contributed by atoms with Gasteiger partial charge >= 0.3 is 0 Å². The van der Waals surface area contributed by atoms with Crippen molar-refractivity contribution in [1.82, 2.24) is 5.32 Å². The van der Waals surface area contributed by atoms with Crippen molar-refractivity contribution in [3.8, 4) is 0 Å². The van der Waals surface area contributed by atoms with E-state index in [-0.39, 0.29) is 24.5 Å². The molecule has 2 atom stereocenters. The summed E-state index contributed by atoms with van der Waals surface area (Å²) in [5.74, 6) is 0.200. The quantitative estimate of drug-likeness (QED) is 0.658. The van der Waals surface area contributed by atoms with E-state index in [4.69, 9.17) is 5.11 Å². The third-order valence-corrected chi connectivity index (χ3v) is 2.43. The molecule has 0 heterocycles. The van der Waals surface area contributed by atoms with Crippen molar-refractivity contribution in [1.29, 1.82) is 0 Å². The number of nitrogens with one attached hydrogen (secondary N) is 1. The Morgan fingerprint density at radius 3 is 2.50 bits per heavy atom. The summed E-state index contributed by atoms with van der Waals surface area (Å²) in [6.07, 6.45) is 4.06. The zero-order chi connectivity index (χ0) is 11.0. The van der Waals surface area contributed by atoms with Crippen molar-refractivity contribution in [3.05, 3.63) is 0 Å². The van der Waals surface area contributed by atoms with E-state index >= 15 is 0 Å². The van der Waals surface area contributed by atoms with E-state index in [9.17, 15) is 4.79 Å². The monoisotopic (exact) mass is 201 g/mol. The van der Waals surface area contributed by atoms with Crippen LogP contribution in [0.5, 0.6) is 0 Å². The topological polar surface area (TPSA) is 49.3 Å². The van der Waals surface area contributed by atoms with Crippen molar-refractivity contribution in [2.24, 2.45) is 5.92 Å². The lowest BCUT2D eigenvalue weighted by Gasteiger charge is -2.17. The van der Waals surface area contributed by atoms with E-state index in [1.165, 1.54) is 0 Å². The Morgan fingerprint density at radius 2 is 2.07 bits per heavy atom. The average molecular weight is 201 g/mol. The summed E-state index contributed by atoms with van der Waals surface area (Å²) in [5.41, 5.74) is 0. The number of carbonyl (C=O) groups is 1. The van der Waals surface area contributed by atoms with Gasteiger partial charge < -0.3 is 10.4 Å². The first-order valence-corrected chi connectivity index (χ1v) is 5.56. The van der Waals surface area contributed by atoms with Crippen LogP contribution in [0.4, 0.5) is 0 Å². The van der Waals surface area contributed by atoms with E-state index in [1.807, 2.05) is 13.8 Å². The minimum atomic E-state index is -0.127. The highest BCUT2D eigenvalue weighted by molar-refractivity contribution is 5.78. The molecule has 1 unspecified atom stereocenters. The van der Waals surface area contributed by atoms with Gasteiger partial charge in [0, 0.05) is 12.0 Å². The third-order valence-electron chi connectivity index (χ3n) is 2.43. The van der Waals surface area contributed by atoms with E-state index in [0.29, 0.717) is 0 Å². The standard InChI is InChI=1S/C11H23NO2/c1-4-6-7-10(5-2)11(14)12-9(3)8-13/h9-10,13H,4-8H2,1-3H3,(H,12,14)/t9-,10?/m1/s1. The van der Waals surface area contributed by atoms with Crippen LogP contribution in [0, 0.1) is 5.92 Å². The van der Waals surface area contributed by atoms with Gasteiger partial charge in [0.15, 0.2) is 0 Å². The van der Waals surface area contributed by atoms with Gasteiger partial charge in [-0.1, -0.05) is 26.7 Å². The first-order valence-electron chi connectivity index (χ1n) is 5.56. The van der Waals surface area contributed by atoms with E-state index in [2.05, 4.69) is 12.2 Å². The Labute approximate surface area is 86.9 Å². The second-order valence-corrected chi connectivity index (χ2v) is 3.84. The summed E-state index contributed by atoms with van der Waals surface area (Å²) in [6.45, 7) is 5.98. The van der Waals surface area contributed by atoms with Crippen molar-refractivity contribution in [2.75, 3.05) is 6.61 Å². The van der Waals surface area contributed by atoms with Crippen LogP contribution in [0.3, 0.4) is 0 Å². The summed E-state index contributed by atoms with van der Waals surface area (Å²) in [5, 5.41) is 11.6. The Bertz CT molecular complexity index is 159. The molecule has 0 aromatic carbocycles.